The van der Waals surface area contributed by atoms with E-state index in [4.69, 9.17) is 42.1 Å². The van der Waals surface area contributed by atoms with Crippen LogP contribution in [0.4, 0.5) is 5.82 Å². The Balaban J connectivity index is 1.60. The lowest BCUT2D eigenvalue weighted by Crippen LogP contribution is -2.49. The molecule has 0 atom stereocenters. The third-order valence-electron chi connectivity index (χ3n) is 5.93. The monoisotopic (exact) mass is 548 g/mol. The normalized spacial score (nSPS) is 13.5. The second kappa shape index (κ2) is 11.3. The average molecular weight is 549 g/mol. The van der Waals surface area contributed by atoms with Crippen molar-refractivity contribution in [2.24, 2.45) is 0 Å². The Morgan fingerprint density at radius 2 is 1.43 bits per heavy atom. The summed E-state index contributed by atoms with van der Waals surface area (Å²) in [7, 11) is 4.50. The van der Waals surface area contributed by atoms with Crippen LogP contribution < -0.4 is 19.1 Å². The molecular weight excluding hydrogens is 523 g/mol. The molecule has 1 aliphatic heterocycles. The Bertz CT molecular complexity index is 1320. The number of hydrogen-bond acceptors (Lipinski definition) is 9. The van der Waals surface area contributed by atoms with Gasteiger partial charge >= 0.3 is 5.97 Å². The summed E-state index contributed by atoms with van der Waals surface area (Å²) in [6, 6.07) is 6.42. The van der Waals surface area contributed by atoms with Gasteiger partial charge in [-0.3, -0.25) is 4.79 Å². The minimum absolute atomic E-state index is 0.0807. The van der Waals surface area contributed by atoms with Gasteiger partial charge < -0.3 is 28.7 Å². The second-order valence-corrected chi connectivity index (χ2v) is 8.88. The van der Waals surface area contributed by atoms with E-state index in [1.165, 1.54) is 21.3 Å². The van der Waals surface area contributed by atoms with E-state index < -0.39 is 5.97 Å². The van der Waals surface area contributed by atoms with Gasteiger partial charge in [-0.05, 0) is 31.2 Å². The second-order valence-electron chi connectivity index (χ2n) is 8.06. The van der Waals surface area contributed by atoms with Crippen molar-refractivity contribution in [2.75, 3.05) is 59.0 Å². The Morgan fingerprint density at radius 1 is 0.865 bits per heavy atom. The number of fused-ring (bicyclic) bond motifs is 1. The van der Waals surface area contributed by atoms with Crippen LogP contribution >= 0.6 is 23.2 Å². The highest BCUT2D eigenvalue weighted by atomic mass is 35.5. The smallest absolute Gasteiger partial charge is 0.360 e. The SMILES string of the molecule is CCOC(=O)c1nc2cc(Cl)c(Cl)cc2nc1N1CCN(C(=O)c2cc(OC)c(OC)c(OC)c2)CC1. The van der Waals surface area contributed by atoms with Crippen molar-refractivity contribution in [2.45, 2.75) is 6.92 Å². The maximum absolute atomic E-state index is 13.3. The topological polar surface area (TPSA) is 103 Å². The largest absolute Gasteiger partial charge is 0.493 e. The van der Waals surface area contributed by atoms with E-state index in [1.54, 1.807) is 36.1 Å². The fourth-order valence-electron chi connectivity index (χ4n) is 4.11. The van der Waals surface area contributed by atoms with Gasteiger partial charge in [-0.2, -0.15) is 0 Å². The van der Waals surface area contributed by atoms with Crippen LogP contribution in [-0.4, -0.2) is 80.9 Å². The summed E-state index contributed by atoms with van der Waals surface area (Å²) in [5, 5.41) is 0.643. The zero-order valence-corrected chi connectivity index (χ0v) is 22.4. The molecule has 0 bridgehead atoms. The van der Waals surface area contributed by atoms with Crippen LogP contribution in [0.1, 0.15) is 27.8 Å². The van der Waals surface area contributed by atoms with Gasteiger partial charge in [0.05, 0.1) is 49.0 Å². The number of hydrogen-bond donors (Lipinski definition) is 0. The molecule has 0 saturated carbocycles. The third-order valence-corrected chi connectivity index (χ3v) is 6.66. The number of carbonyl (C=O) groups excluding carboxylic acids is 2. The number of halogens is 2. The summed E-state index contributed by atoms with van der Waals surface area (Å²) >= 11 is 12.3. The molecule has 1 saturated heterocycles. The van der Waals surface area contributed by atoms with E-state index >= 15 is 0 Å². The number of methoxy groups -OCH3 is 3. The molecule has 3 aromatic rings. The quantitative estimate of drug-likeness (QED) is 0.403. The van der Waals surface area contributed by atoms with Crippen LogP contribution in [0.3, 0.4) is 0 Å². The van der Waals surface area contributed by atoms with Crippen LogP contribution in [0.2, 0.25) is 10.0 Å². The molecule has 0 radical (unpaired) electrons. The summed E-state index contributed by atoms with van der Waals surface area (Å²) in [5.74, 6) is 0.795. The summed E-state index contributed by atoms with van der Waals surface area (Å²) in [5.41, 5.74) is 1.41. The van der Waals surface area contributed by atoms with Gasteiger partial charge in [0.2, 0.25) is 5.75 Å². The van der Waals surface area contributed by atoms with E-state index in [-0.39, 0.29) is 18.2 Å². The molecular formula is C25H26Cl2N4O6. The molecule has 37 heavy (non-hydrogen) atoms. The maximum atomic E-state index is 13.3. The van der Waals surface area contributed by atoms with Crippen molar-refractivity contribution < 1.29 is 28.5 Å². The number of benzene rings is 2. The predicted molar refractivity (Wildman–Crippen MR) is 140 cm³/mol. The van der Waals surface area contributed by atoms with Gasteiger partial charge in [-0.15, -0.1) is 0 Å². The maximum Gasteiger partial charge on any atom is 0.360 e. The van der Waals surface area contributed by atoms with E-state index in [0.717, 1.165) is 0 Å². The molecule has 1 aromatic heterocycles. The molecule has 10 nitrogen and oxygen atoms in total. The number of piperazine rings is 1. The predicted octanol–water partition coefficient (Wildman–Crippen LogP) is 4.10. The number of ether oxygens (including phenoxy) is 4. The van der Waals surface area contributed by atoms with Gasteiger partial charge in [-0.25, -0.2) is 14.8 Å². The first-order valence-corrected chi connectivity index (χ1v) is 12.2. The van der Waals surface area contributed by atoms with Gasteiger partial charge in [-0.1, -0.05) is 23.2 Å². The molecule has 0 N–H and O–H groups in total. The number of nitrogens with zero attached hydrogens (tertiary/aromatic N) is 4. The first-order valence-electron chi connectivity index (χ1n) is 11.5. The highest BCUT2D eigenvalue weighted by Crippen LogP contribution is 2.38. The van der Waals surface area contributed by atoms with Crippen molar-refractivity contribution in [1.29, 1.82) is 0 Å². The first kappa shape index (κ1) is 26.6. The lowest BCUT2D eigenvalue weighted by atomic mass is 10.1. The lowest BCUT2D eigenvalue weighted by molar-refractivity contribution is 0.0519. The molecule has 0 spiro atoms. The molecule has 0 unspecified atom stereocenters. The molecule has 12 heteroatoms. The standard InChI is InChI=1S/C25H26Cl2N4O6/c1-5-37-25(33)21-23(29-18-13-16(27)15(26)12-17(18)28-21)30-6-8-31(9-7-30)24(32)14-10-19(34-2)22(36-4)20(11-14)35-3/h10-13H,5-9H2,1-4H3. The Morgan fingerprint density at radius 3 is 1.95 bits per heavy atom. The zero-order chi connectivity index (χ0) is 26.7. The summed E-state index contributed by atoms with van der Waals surface area (Å²) in [6.45, 7) is 3.53. The Kier molecular flexibility index (Phi) is 8.09. The lowest BCUT2D eigenvalue weighted by Gasteiger charge is -2.36. The van der Waals surface area contributed by atoms with Crippen molar-refractivity contribution in [1.82, 2.24) is 14.9 Å². The van der Waals surface area contributed by atoms with E-state index in [9.17, 15) is 9.59 Å². The van der Waals surface area contributed by atoms with Crippen LogP contribution in [-0.2, 0) is 4.74 Å². The summed E-state index contributed by atoms with van der Waals surface area (Å²) in [6.07, 6.45) is 0. The Labute approximate surface area is 224 Å². The molecule has 2 aromatic carbocycles. The highest BCUT2D eigenvalue weighted by molar-refractivity contribution is 6.42. The third kappa shape index (κ3) is 5.30. The van der Waals surface area contributed by atoms with Gasteiger partial charge in [0.25, 0.3) is 5.91 Å². The number of esters is 1. The number of rotatable bonds is 7. The highest BCUT2D eigenvalue weighted by Gasteiger charge is 2.29. The zero-order valence-electron chi connectivity index (χ0n) is 20.8. The van der Waals surface area contributed by atoms with Crippen molar-refractivity contribution >= 4 is 51.9 Å². The number of aromatic nitrogens is 2. The molecule has 1 aliphatic rings. The molecule has 0 aliphatic carbocycles. The summed E-state index contributed by atoms with van der Waals surface area (Å²) < 4.78 is 21.3. The fourth-order valence-corrected chi connectivity index (χ4v) is 4.42. The number of carbonyl (C=O) groups is 2. The van der Waals surface area contributed by atoms with Crippen LogP contribution in [0, 0.1) is 0 Å². The molecule has 4 rings (SSSR count). The van der Waals surface area contributed by atoms with Crippen LogP contribution in [0.25, 0.3) is 11.0 Å². The van der Waals surface area contributed by atoms with Crippen LogP contribution in [0.5, 0.6) is 17.2 Å². The van der Waals surface area contributed by atoms with Crippen molar-refractivity contribution in [3.05, 3.63) is 45.6 Å². The molecule has 1 fully saturated rings. The van der Waals surface area contributed by atoms with Crippen LogP contribution in [0.15, 0.2) is 24.3 Å². The molecule has 1 amide bonds. The fraction of sp³-hybridized carbons (Fsp3) is 0.360. The number of amides is 1. The average Bonchev–Trinajstić information content (AvgIpc) is 2.92. The minimum atomic E-state index is -0.589. The van der Waals surface area contributed by atoms with E-state index in [2.05, 4.69) is 9.97 Å². The van der Waals surface area contributed by atoms with E-state index in [0.29, 0.717) is 75.9 Å². The Hall–Kier alpha value is -3.50. The molecule has 2 heterocycles. The number of anilines is 1. The van der Waals surface area contributed by atoms with E-state index in [1.807, 2.05) is 4.90 Å². The first-order chi connectivity index (χ1) is 17.8. The minimum Gasteiger partial charge on any atom is -0.493 e. The summed E-state index contributed by atoms with van der Waals surface area (Å²) in [4.78, 5) is 38.8. The molecule has 196 valence electrons. The van der Waals surface area contributed by atoms with Crippen molar-refractivity contribution in [3.8, 4) is 17.2 Å². The van der Waals surface area contributed by atoms with Gasteiger partial charge in [0.1, 0.15) is 0 Å². The van der Waals surface area contributed by atoms with Gasteiger partial charge in [0.15, 0.2) is 23.0 Å². The van der Waals surface area contributed by atoms with Crippen molar-refractivity contribution in [3.63, 3.8) is 0 Å². The van der Waals surface area contributed by atoms with Gasteiger partial charge in [0, 0.05) is 31.7 Å².